The molecule has 0 saturated carbocycles. The van der Waals surface area contributed by atoms with Crippen LogP contribution in [0.2, 0.25) is 0 Å². The van der Waals surface area contributed by atoms with Crippen LogP contribution in [-0.4, -0.2) is 49.5 Å². The van der Waals surface area contributed by atoms with E-state index in [1.165, 1.54) is 14.2 Å². The second-order valence-corrected chi connectivity index (χ2v) is 3.91. The molecule has 1 rings (SSSR count). The van der Waals surface area contributed by atoms with Crippen molar-refractivity contribution in [2.45, 2.75) is 44.0 Å². The lowest BCUT2D eigenvalue weighted by Crippen LogP contribution is -2.69. The van der Waals surface area contributed by atoms with Crippen LogP contribution in [0.3, 0.4) is 0 Å². The van der Waals surface area contributed by atoms with Crippen LogP contribution in [-0.2, 0) is 14.2 Å². The lowest BCUT2D eigenvalue weighted by atomic mass is 9.83. The average molecular weight is 205 g/mol. The molecule has 0 bridgehead atoms. The first kappa shape index (κ1) is 11.9. The van der Waals surface area contributed by atoms with E-state index in [-0.39, 0.29) is 6.10 Å². The number of hydrogen-bond donors (Lipinski definition) is 2. The molecule has 3 N–H and O–H groups in total. The topological polar surface area (TPSA) is 73.9 Å². The first-order valence-electron chi connectivity index (χ1n) is 4.63. The molecule has 1 heterocycles. The molecular formula is C9H19NO4. The minimum atomic E-state index is -0.868. The number of aliphatic hydroxyl groups excluding tert-OH is 1. The van der Waals surface area contributed by atoms with E-state index >= 15 is 0 Å². The van der Waals surface area contributed by atoms with Crippen molar-refractivity contribution < 1.29 is 19.3 Å². The molecule has 84 valence electrons. The summed E-state index contributed by atoms with van der Waals surface area (Å²) in [6, 6.07) is 0. The third kappa shape index (κ3) is 1.78. The van der Waals surface area contributed by atoms with Gasteiger partial charge in [-0.2, -0.15) is 0 Å². The molecule has 0 aromatic carbocycles. The van der Waals surface area contributed by atoms with Gasteiger partial charge in [0.15, 0.2) is 6.29 Å². The van der Waals surface area contributed by atoms with Gasteiger partial charge in [0.1, 0.15) is 12.2 Å². The Morgan fingerprint density at radius 2 is 1.93 bits per heavy atom. The molecule has 1 saturated heterocycles. The smallest absolute Gasteiger partial charge is 0.185 e. The normalized spacial score (nSPS) is 49.3. The molecular weight excluding hydrogens is 186 g/mol. The van der Waals surface area contributed by atoms with Crippen LogP contribution in [0.25, 0.3) is 0 Å². The van der Waals surface area contributed by atoms with Crippen LogP contribution >= 0.6 is 0 Å². The van der Waals surface area contributed by atoms with Crippen molar-refractivity contribution in [3.8, 4) is 0 Å². The minimum absolute atomic E-state index is 0.360. The molecule has 0 amide bonds. The van der Waals surface area contributed by atoms with Crippen molar-refractivity contribution in [3.63, 3.8) is 0 Å². The van der Waals surface area contributed by atoms with E-state index in [0.29, 0.717) is 0 Å². The van der Waals surface area contributed by atoms with Crippen LogP contribution in [0.1, 0.15) is 13.8 Å². The van der Waals surface area contributed by atoms with E-state index in [1.807, 2.05) is 0 Å². The molecule has 1 aliphatic heterocycles. The molecule has 0 spiro atoms. The van der Waals surface area contributed by atoms with E-state index < -0.39 is 24.0 Å². The van der Waals surface area contributed by atoms with Crippen LogP contribution in [0.5, 0.6) is 0 Å². The average Bonchev–Trinajstić information content (AvgIpc) is 2.13. The Bertz CT molecular complexity index is 197. The van der Waals surface area contributed by atoms with E-state index in [9.17, 15) is 5.11 Å². The fourth-order valence-electron chi connectivity index (χ4n) is 1.87. The standard InChI is InChI=1S/C9H19NO4/c1-5-6(11)9(2,10)7(12-3)8(13-4)14-5/h5-8,11H,10H2,1-4H3. The molecule has 5 nitrogen and oxygen atoms in total. The predicted molar refractivity (Wildman–Crippen MR) is 50.7 cm³/mol. The number of methoxy groups -OCH3 is 2. The van der Waals surface area contributed by atoms with Crippen LogP contribution in [0.4, 0.5) is 0 Å². The van der Waals surface area contributed by atoms with Crippen molar-refractivity contribution in [1.82, 2.24) is 0 Å². The summed E-state index contributed by atoms with van der Waals surface area (Å²) in [7, 11) is 3.05. The number of aliphatic hydroxyl groups is 1. The fraction of sp³-hybridized carbons (Fsp3) is 1.00. The minimum Gasteiger partial charge on any atom is -0.388 e. The molecule has 1 fully saturated rings. The zero-order valence-corrected chi connectivity index (χ0v) is 9.06. The molecule has 0 aromatic rings. The number of ether oxygens (including phenoxy) is 3. The lowest BCUT2D eigenvalue weighted by molar-refractivity contribution is -0.281. The highest BCUT2D eigenvalue weighted by Crippen LogP contribution is 2.29. The molecule has 5 atom stereocenters. The van der Waals surface area contributed by atoms with Crippen molar-refractivity contribution in [3.05, 3.63) is 0 Å². The SMILES string of the molecule is COC1OC(C)C(O)C(C)(N)C1OC. The highest BCUT2D eigenvalue weighted by Gasteiger charge is 2.50. The lowest BCUT2D eigenvalue weighted by Gasteiger charge is -2.47. The zero-order chi connectivity index (χ0) is 10.9. The highest BCUT2D eigenvalue weighted by atomic mass is 16.7. The van der Waals surface area contributed by atoms with E-state index in [4.69, 9.17) is 19.9 Å². The Morgan fingerprint density at radius 3 is 2.36 bits per heavy atom. The third-order valence-electron chi connectivity index (χ3n) is 2.78. The maximum atomic E-state index is 9.83. The van der Waals surface area contributed by atoms with Gasteiger partial charge in [0, 0.05) is 14.2 Å². The molecule has 0 aromatic heterocycles. The number of nitrogens with two attached hydrogens (primary N) is 1. The fourth-order valence-corrected chi connectivity index (χ4v) is 1.87. The molecule has 5 unspecified atom stereocenters. The van der Waals surface area contributed by atoms with E-state index in [1.54, 1.807) is 13.8 Å². The first-order chi connectivity index (χ1) is 6.45. The van der Waals surface area contributed by atoms with Crippen molar-refractivity contribution in [1.29, 1.82) is 0 Å². The van der Waals surface area contributed by atoms with Gasteiger partial charge in [-0.25, -0.2) is 0 Å². The summed E-state index contributed by atoms with van der Waals surface area (Å²) in [5.41, 5.74) is 5.13. The van der Waals surface area contributed by atoms with Gasteiger partial charge in [-0.15, -0.1) is 0 Å². The van der Waals surface area contributed by atoms with Gasteiger partial charge < -0.3 is 25.1 Å². The van der Waals surface area contributed by atoms with Crippen molar-refractivity contribution >= 4 is 0 Å². The number of rotatable bonds is 2. The van der Waals surface area contributed by atoms with Crippen LogP contribution in [0, 0.1) is 0 Å². The third-order valence-corrected chi connectivity index (χ3v) is 2.78. The van der Waals surface area contributed by atoms with Crippen LogP contribution < -0.4 is 5.73 Å². The van der Waals surface area contributed by atoms with Crippen molar-refractivity contribution in [2.75, 3.05) is 14.2 Å². The molecule has 14 heavy (non-hydrogen) atoms. The summed E-state index contributed by atoms with van der Waals surface area (Å²) >= 11 is 0. The first-order valence-corrected chi connectivity index (χ1v) is 4.63. The molecule has 0 radical (unpaired) electrons. The summed E-state index contributed by atoms with van der Waals surface area (Å²) in [6.45, 7) is 3.49. The van der Waals surface area contributed by atoms with E-state index in [2.05, 4.69) is 0 Å². The summed E-state index contributed by atoms with van der Waals surface area (Å²) < 4.78 is 15.7. The van der Waals surface area contributed by atoms with Gasteiger partial charge in [-0.05, 0) is 13.8 Å². The monoisotopic (exact) mass is 205 g/mol. The summed E-state index contributed by atoms with van der Waals surface area (Å²) in [5.74, 6) is 0. The van der Waals surface area contributed by atoms with Gasteiger partial charge >= 0.3 is 0 Å². The van der Waals surface area contributed by atoms with Gasteiger partial charge in [-0.1, -0.05) is 0 Å². The maximum Gasteiger partial charge on any atom is 0.185 e. The quantitative estimate of drug-likeness (QED) is 0.634. The molecule has 0 aliphatic carbocycles. The maximum absolute atomic E-state index is 9.83. The Kier molecular flexibility index (Phi) is 3.49. The highest BCUT2D eigenvalue weighted by molar-refractivity contribution is 5.02. The second-order valence-electron chi connectivity index (χ2n) is 3.91. The zero-order valence-electron chi connectivity index (χ0n) is 9.06. The van der Waals surface area contributed by atoms with Crippen molar-refractivity contribution in [2.24, 2.45) is 5.73 Å². The Morgan fingerprint density at radius 1 is 1.36 bits per heavy atom. The Hall–Kier alpha value is -0.200. The van der Waals surface area contributed by atoms with Gasteiger partial charge in [0.2, 0.25) is 0 Å². The predicted octanol–water partition coefficient (Wildman–Crippen LogP) is -0.529. The Labute approximate surface area is 84.1 Å². The molecule has 5 heteroatoms. The largest absolute Gasteiger partial charge is 0.388 e. The van der Waals surface area contributed by atoms with Gasteiger partial charge in [0.05, 0.1) is 11.6 Å². The van der Waals surface area contributed by atoms with E-state index in [0.717, 1.165) is 0 Å². The molecule has 1 aliphatic rings. The summed E-state index contributed by atoms with van der Waals surface area (Å²) in [4.78, 5) is 0. The van der Waals surface area contributed by atoms with Gasteiger partial charge in [0.25, 0.3) is 0 Å². The summed E-state index contributed by atoms with van der Waals surface area (Å²) in [5, 5.41) is 9.83. The summed E-state index contributed by atoms with van der Waals surface area (Å²) in [6.07, 6.45) is -2.13. The Balaban J connectivity index is 2.88. The second kappa shape index (κ2) is 4.12. The number of hydrogen-bond acceptors (Lipinski definition) is 5. The van der Waals surface area contributed by atoms with Gasteiger partial charge in [-0.3, -0.25) is 0 Å². The van der Waals surface area contributed by atoms with Crippen LogP contribution in [0.15, 0.2) is 0 Å².